The highest BCUT2D eigenvalue weighted by Crippen LogP contribution is 2.36. The lowest BCUT2D eigenvalue weighted by Gasteiger charge is -2.29. The van der Waals surface area contributed by atoms with E-state index in [1.54, 1.807) is 0 Å². The molecular formula is C17H26N2O2. The van der Waals surface area contributed by atoms with E-state index < -0.39 is 0 Å². The van der Waals surface area contributed by atoms with Crippen molar-refractivity contribution in [3.8, 4) is 0 Å². The van der Waals surface area contributed by atoms with E-state index in [4.69, 9.17) is 4.52 Å². The molecule has 1 saturated carbocycles. The third-order valence-electron chi connectivity index (χ3n) is 4.95. The first-order valence-corrected chi connectivity index (χ1v) is 8.44. The summed E-state index contributed by atoms with van der Waals surface area (Å²) < 4.78 is 5.42. The highest BCUT2D eigenvalue weighted by molar-refractivity contribution is 5.79. The van der Waals surface area contributed by atoms with E-state index in [9.17, 15) is 4.79 Å². The van der Waals surface area contributed by atoms with Gasteiger partial charge in [-0.1, -0.05) is 38.3 Å². The molecule has 0 aromatic carbocycles. The summed E-state index contributed by atoms with van der Waals surface area (Å²) in [5.74, 6) is 1.86. The zero-order valence-corrected chi connectivity index (χ0v) is 13.2. The number of carbonyl (C=O) groups excluding carboxylic acids is 1. The van der Waals surface area contributed by atoms with Crippen LogP contribution in [0.3, 0.4) is 0 Å². The highest BCUT2D eigenvalue weighted by Gasteiger charge is 2.35. The lowest BCUT2D eigenvalue weighted by molar-refractivity contribution is -0.137. The minimum atomic E-state index is 0.135. The van der Waals surface area contributed by atoms with E-state index in [1.807, 2.05) is 6.07 Å². The molecule has 1 saturated heterocycles. The van der Waals surface area contributed by atoms with Crippen molar-refractivity contribution in [1.29, 1.82) is 0 Å². The van der Waals surface area contributed by atoms with E-state index in [0.717, 1.165) is 43.7 Å². The molecule has 3 rings (SSSR count). The van der Waals surface area contributed by atoms with Gasteiger partial charge >= 0.3 is 0 Å². The van der Waals surface area contributed by atoms with Gasteiger partial charge in [-0.25, -0.2) is 0 Å². The minimum absolute atomic E-state index is 0.135. The van der Waals surface area contributed by atoms with Gasteiger partial charge in [0.2, 0.25) is 5.91 Å². The lowest BCUT2D eigenvalue weighted by atomic mass is 9.88. The van der Waals surface area contributed by atoms with Crippen LogP contribution in [0.2, 0.25) is 0 Å². The SMILES string of the molecule is CC(C)c1cc([C@H]2CCCN2C(=O)C2CCCCC2)no1. The van der Waals surface area contributed by atoms with Gasteiger partial charge in [-0.3, -0.25) is 4.79 Å². The first-order valence-electron chi connectivity index (χ1n) is 8.44. The quantitative estimate of drug-likeness (QED) is 0.844. The van der Waals surface area contributed by atoms with Crippen molar-refractivity contribution in [3.05, 3.63) is 17.5 Å². The van der Waals surface area contributed by atoms with Gasteiger partial charge in [-0.05, 0) is 25.7 Å². The predicted molar refractivity (Wildman–Crippen MR) is 80.9 cm³/mol. The molecule has 1 aromatic heterocycles. The molecule has 0 radical (unpaired) electrons. The van der Waals surface area contributed by atoms with Crippen molar-refractivity contribution in [2.75, 3.05) is 6.54 Å². The van der Waals surface area contributed by atoms with E-state index in [0.29, 0.717) is 11.8 Å². The molecule has 1 amide bonds. The fourth-order valence-corrected chi connectivity index (χ4v) is 3.66. The zero-order valence-electron chi connectivity index (χ0n) is 13.2. The average Bonchev–Trinajstić information content (AvgIpc) is 3.16. The van der Waals surface area contributed by atoms with Crippen LogP contribution in [-0.2, 0) is 4.79 Å². The lowest BCUT2D eigenvalue weighted by Crippen LogP contribution is -2.36. The molecule has 2 fully saturated rings. The normalized spacial score (nSPS) is 24.0. The van der Waals surface area contributed by atoms with Gasteiger partial charge < -0.3 is 9.42 Å². The molecule has 2 aliphatic rings. The summed E-state index contributed by atoms with van der Waals surface area (Å²) in [6.45, 7) is 5.08. The van der Waals surface area contributed by atoms with Gasteiger partial charge in [-0.2, -0.15) is 0 Å². The summed E-state index contributed by atoms with van der Waals surface area (Å²) >= 11 is 0. The Labute approximate surface area is 126 Å². The number of aromatic nitrogens is 1. The van der Waals surface area contributed by atoms with Crippen molar-refractivity contribution >= 4 is 5.91 Å². The topological polar surface area (TPSA) is 46.3 Å². The maximum Gasteiger partial charge on any atom is 0.226 e. The van der Waals surface area contributed by atoms with Gasteiger partial charge in [0.1, 0.15) is 11.5 Å². The Bertz CT molecular complexity index is 489. The van der Waals surface area contributed by atoms with Crippen LogP contribution in [-0.4, -0.2) is 22.5 Å². The van der Waals surface area contributed by atoms with Gasteiger partial charge in [0.15, 0.2) is 0 Å². The Kier molecular flexibility index (Phi) is 4.32. The Hall–Kier alpha value is -1.32. The van der Waals surface area contributed by atoms with Crippen LogP contribution in [0.1, 0.15) is 82.2 Å². The molecule has 4 nitrogen and oxygen atoms in total. The number of nitrogens with zero attached hydrogens (tertiary/aromatic N) is 2. The molecular weight excluding hydrogens is 264 g/mol. The molecule has 0 spiro atoms. The van der Waals surface area contributed by atoms with Crippen LogP contribution in [0.4, 0.5) is 0 Å². The summed E-state index contributed by atoms with van der Waals surface area (Å²) in [5, 5.41) is 4.23. The fraction of sp³-hybridized carbons (Fsp3) is 0.765. The van der Waals surface area contributed by atoms with Crippen LogP contribution < -0.4 is 0 Å². The first-order chi connectivity index (χ1) is 10.2. The summed E-state index contributed by atoms with van der Waals surface area (Å²) in [6, 6.07) is 2.18. The molecule has 0 bridgehead atoms. The highest BCUT2D eigenvalue weighted by atomic mass is 16.5. The standard InChI is InChI=1S/C17H26N2O2/c1-12(2)16-11-14(18-21-16)15-9-6-10-19(15)17(20)13-7-4-3-5-8-13/h11-13,15H,3-10H2,1-2H3/t15-/m1/s1. The zero-order chi connectivity index (χ0) is 14.8. The largest absolute Gasteiger partial charge is 0.361 e. The van der Waals surface area contributed by atoms with Crippen molar-refractivity contribution in [2.24, 2.45) is 5.92 Å². The number of amides is 1. The minimum Gasteiger partial charge on any atom is -0.361 e. The summed E-state index contributed by atoms with van der Waals surface area (Å²) in [7, 11) is 0. The predicted octanol–water partition coefficient (Wildman–Crippen LogP) is 4.04. The second-order valence-electron chi connectivity index (χ2n) is 6.83. The van der Waals surface area contributed by atoms with Gasteiger partial charge in [-0.15, -0.1) is 0 Å². The number of likely N-dealkylation sites (tertiary alicyclic amines) is 1. The number of carbonyl (C=O) groups is 1. The number of rotatable bonds is 3. The molecule has 1 aliphatic carbocycles. The summed E-state index contributed by atoms with van der Waals surface area (Å²) in [5.41, 5.74) is 0.945. The molecule has 1 aromatic rings. The van der Waals surface area contributed by atoms with Gasteiger partial charge in [0.05, 0.1) is 6.04 Å². The third-order valence-corrected chi connectivity index (χ3v) is 4.95. The molecule has 0 N–H and O–H groups in total. The maximum atomic E-state index is 12.8. The van der Waals surface area contributed by atoms with Crippen molar-refractivity contribution in [2.45, 2.75) is 70.8 Å². The van der Waals surface area contributed by atoms with E-state index >= 15 is 0 Å². The van der Waals surface area contributed by atoms with Crippen molar-refractivity contribution in [1.82, 2.24) is 10.1 Å². The molecule has 4 heteroatoms. The average molecular weight is 290 g/mol. The van der Waals surface area contributed by atoms with Crippen LogP contribution >= 0.6 is 0 Å². The summed E-state index contributed by atoms with van der Waals surface area (Å²) in [6.07, 6.45) is 7.92. The van der Waals surface area contributed by atoms with E-state index in [-0.39, 0.29) is 12.0 Å². The molecule has 0 unspecified atom stereocenters. The third kappa shape index (κ3) is 2.99. The number of hydrogen-bond donors (Lipinski definition) is 0. The Balaban J connectivity index is 1.73. The molecule has 1 atom stereocenters. The van der Waals surface area contributed by atoms with Crippen LogP contribution in [0.25, 0.3) is 0 Å². The molecule has 116 valence electrons. The van der Waals surface area contributed by atoms with Gasteiger partial charge in [0, 0.05) is 24.4 Å². The second-order valence-corrected chi connectivity index (χ2v) is 6.83. The Morgan fingerprint density at radius 1 is 1.24 bits per heavy atom. The van der Waals surface area contributed by atoms with Crippen LogP contribution in [0.15, 0.2) is 10.6 Å². The molecule has 2 heterocycles. The smallest absolute Gasteiger partial charge is 0.226 e. The Morgan fingerprint density at radius 3 is 2.67 bits per heavy atom. The van der Waals surface area contributed by atoms with Crippen molar-refractivity contribution < 1.29 is 9.32 Å². The Morgan fingerprint density at radius 2 is 2.00 bits per heavy atom. The van der Waals surface area contributed by atoms with Crippen LogP contribution in [0, 0.1) is 5.92 Å². The van der Waals surface area contributed by atoms with Gasteiger partial charge in [0.25, 0.3) is 0 Å². The van der Waals surface area contributed by atoms with Crippen molar-refractivity contribution in [3.63, 3.8) is 0 Å². The van der Waals surface area contributed by atoms with E-state index in [2.05, 4.69) is 23.9 Å². The molecule has 1 aliphatic heterocycles. The van der Waals surface area contributed by atoms with E-state index in [1.165, 1.54) is 19.3 Å². The first kappa shape index (κ1) is 14.6. The second kappa shape index (κ2) is 6.20. The molecule has 21 heavy (non-hydrogen) atoms. The fourth-order valence-electron chi connectivity index (χ4n) is 3.66. The number of hydrogen-bond acceptors (Lipinski definition) is 3. The van der Waals surface area contributed by atoms with Crippen LogP contribution in [0.5, 0.6) is 0 Å². The summed E-state index contributed by atoms with van der Waals surface area (Å²) in [4.78, 5) is 14.9. The monoisotopic (exact) mass is 290 g/mol. The maximum absolute atomic E-state index is 12.8.